The predicted octanol–water partition coefficient (Wildman–Crippen LogP) is 1.04. The molecule has 0 aliphatic heterocycles. The van der Waals surface area contributed by atoms with Crippen LogP contribution in [-0.4, -0.2) is 35.8 Å². The summed E-state index contributed by atoms with van der Waals surface area (Å²) in [6, 6.07) is 7.64. The maximum Gasteiger partial charge on any atom is 0.0331 e. The molecule has 0 bridgehead atoms. The summed E-state index contributed by atoms with van der Waals surface area (Å²) in [5, 5.41) is 10.4. The van der Waals surface area contributed by atoms with Crippen LogP contribution in [0.4, 0.5) is 0 Å². The van der Waals surface area contributed by atoms with Crippen LogP contribution in [0.5, 0.6) is 0 Å². The van der Waals surface area contributed by atoms with Gasteiger partial charge < -0.3 is 5.11 Å². The van der Waals surface area contributed by atoms with Crippen LogP contribution >= 0.6 is 0 Å². The summed E-state index contributed by atoms with van der Waals surface area (Å²) in [5.74, 6) is 0. The Kier molecular flexibility index (Phi) is 3.30. The first-order valence-corrected chi connectivity index (χ1v) is 6.03. The van der Waals surface area contributed by atoms with Crippen molar-refractivity contribution in [3.05, 3.63) is 29.8 Å². The van der Waals surface area contributed by atoms with Crippen molar-refractivity contribution in [2.24, 2.45) is 0 Å². The molecule has 0 spiro atoms. The molecule has 71 valence electrons. The highest BCUT2D eigenvalue weighted by molar-refractivity contribution is 6.44. The van der Waals surface area contributed by atoms with E-state index >= 15 is 0 Å². The van der Waals surface area contributed by atoms with E-state index in [2.05, 4.69) is 30.7 Å². The van der Waals surface area contributed by atoms with Gasteiger partial charge in [0, 0.05) is 36.3 Å². The Morgan fingerprint density at radius 2 is 2.07 bits per heavy atom. The van der Waals surface area contributed by atoms with Gasteiger partial charge in [-0.2, -0.15) is 23.8 Å². The van der Waals surface area contributed by atoms with E-state index in [9.17, 15) is 5.11 Å². The average molecular weight is 232 g/mol. The lowest BCUT2D eigenvalue weighted by atomic mass is 9.91. The first-order valence-electron chi connectivity index (χ1n) is 4.46. The molecule has 1 nitrogen and oxygen atoms in total. The van der Waals surface area contributed by atoms with Crippen molar-refractivity contribution in [3.8, 4) is 0 Å². The van der Waals surface area contributed by atoms with Gasteiger partial charge in [-0.05, 0) is 11.6 Å². The molecule has 0 heterocycles. The number of aliphatic hydroxyl groups is 1. The van der Waals surface area contributed by atoms with Crippen LogP contribution < -0.4 is 0 Å². The molecule has 2 unspecified atom stereocenters. The van der Waals surface area contributed by atoms with Gasteiger partial charge in [0.2, 0.25) is 0 Å². The van der Waals surface area contributed by atoms with Gasteiger partial charge in [-0.15, -0.1) is 0 Å². The van der Waals surface area contributed by atoms with Crippen molar-refractivity contribution in [3.63, 3.8) is 0 Å². The molecule has 0 saturated carbocycles. The molecular weight excluding hydrogens is 220 g/mol. The molecule has 0 aliphatic rings. The van der Waals surface area contributed by atoms with Crippen molar-refractivity contribution in [1.82, 2.24) is 0 Å². The third kappa shape index (κ3) is 1.84. The van der Waals surface area contributed by atoms with Gasteiger partial charge in [-0.25, -0.2) is 6.07 Å². The van der Waals surface area contributed by atoms with E-state index in [1.54, 1.807) is 6.92 Å². The summed E-state index contributed by atoms with van der Waals surface area (Å²) in [5.41, 5.74) is -0.0285. The van der Waals surface area contributed by atoms with Crippen LogP contribution in [0, 0.1) is 0 Å². The van der Waals surface area contributed by atoms with Gasteiger partial charge in [0.15, 0.2) is 0 Å². The second-order valence-corrected chi connectivity index (χ2v) is 6.72. The highest BCUT2D eigenvalue weighted by Crippen LogP contribution is 2.47. The summed E-state index contributed by atoms with van der Waals surface area (Å²) in [6.07, 6.45) is 0. The lowest BCUT2D eigenvalue weighted by Crippen LogP contribution is -2.41. The fourth-order valence-electron chi connectivity index (χ4n) is 1.35. The zero-order chi connectivity index (χ0) is 11.0. The minimum absolute atomic E-state index is 0.0701. The maximum absolute atomic E-state index is 10.4. The third-order valence-corrected chi connectivity index (χ3v) is 5.49. The average Bonchev–Trinajstić information content (AvgIpc) is 2.55. The van der Waals surface area contributed by atoms with Crippen molar-refractivity contribution >= 4 is 30.7 Å². The van der Waals surface area contributed by atoms with E-state index in [1.807, 2.05) is 31.2 Å². The first-order chi connectivity index (χ1) is 6.30. The molecule has 0 amide bonds. The number of rotatable bonds is 3. The monoisotopic (exact) mass is 232 g/mol. The smallest absolute Gasteiger partial charge is 0.0331 e. The Labute approximate surface area is 95.6 Å². The largest absolute Gasteiger partial charge is 0.399 e. The highest BCUT2D eigenvalue weighted by atomic mass is 28.2. The number of hydrogen-bond donors (Lipinski definition) is 1. The topological polar surface area (TPSA) is 20.2 Å². The minimum Gasteiger partial charge on any atom is -0.399 e. The molecule has 4 heteroatoms. The fourth-order valence-corrected chi connectivity index (χ4v) is 1.92. The van der Waals surface area contributed by atoms with Crippen molar-refractivity contribution in [2.45, 2.75) is 29.7 Å². The summed E-state index contributed by atoms with van der Waals surface area (Å²) in [4.78, 5) is 0. The molecule has 1 aromatic carbocycles. The first kappa shape index (κ1) is 12.0. The normalized spacial score (nSPS) is 19.0. The lowest BCUT2D eigenvalue weighted by molar-refractivity contribution is 0.0340. The van der Waals surface area contributed by atoms with E-state index in [0.717, 1.165) is 5.56 Å². The SMILES string of the molecule is CC([Si])C([Si])([Si])C(C)(O)c1cc[cH-]c1. The Balaban J connectivity index is 3.07. The van der Waals surface area contributed by atoms with E-state index in [-0.39, 0.29) is 5.54 Å². The summed E-state index contributed by atoms with van der Waals surface area (Å²) in [6.45, 7) is 3.74. The number of hydrogen-bond acceptors (Lipinski definition) is 1. The van der Waals surface area contributed by atoms with Crippen molar-refractivity contribution < 1.29 is 5.11 Å². The second kappa shape index (κ2) is 3.84. The molecule has 14 heavy (non-hydrogen) atoms. The lowest BCUT2D eigenvalue weighted by Gasteiger charge is -2.46. The van der Waals surface area contributed by atoms with Crippen LogP contribution in [0.1, 0.15) is 19.4 Å². The van der Waals surface area contributed by atoms with Gasteiger partial charge in [-0.3, -0.25) is 0 Å². The second-order valence-electron chi connectivity index (χ2n) is 3.78. The summed E-state index contributed by atoms with van der Waals surface area (Å²) < 4.78 is -0.599. The predicted molar refractivity (Wildman–Crippen MR) is 61.0 cm³/mol. The molecule has 1 N–H and O–H groups in total. The van der Waals surface area contributed by atoms with E-state index < -0.39 is 10.3 Å². The zero-order valence-corrected chi connectivity index (χ0v) is 11.3. The van der Waals surface area contributed by atoms with Crippen LogP contribution in [0.2, 0.25) is 10.2 Å². The van der Waals surface area contributed by atoms with Crippen molar-refractivity contribution in [1.29, 1.82) is 0 Å². The van der Waals surface area contributed by atoms with Crippen LogP contribution in [0.15, 0.2) is 24.3 Å². The molecule has 2 atom stereocenters. The molecule has 1 aromatic rings. The standard InChI is InChI=1S/C10H12OSi3/c1-7(12)10(13,14)9(2,11)8-5-3-4-6-8/h3-7,11H,1-2H3/q-1. The van der Waals surface area contributed by atoms with Gasteiger partial charge in [0.25, 0.3) is 0 Å². The summed E-state index contributed by atoms with van der Waals surface area (Å²) >= 11 is 0. The molecule has 0 saturated heterocycles. The zero-order valence-electron chi connectivity index (χ0n) is 8.33. The van der Waals surface area contributed by atoms with Gasteiger partial charge in [0.05, 0.1) is 0 Å². The third-order valence-electron chi connectivity index (χ3n) is 2.64. The molecule has 0 aromatic heterocycles. The molecule has 0 fully saturated rings. The van der Waals surface area contributed by atoms with Gasteiger partial charge in [0.1, 0.15) is 0 Å². The molecule has 0 aliphatic carbocycles. The summed E-state index contributed by atoms with van der Waals surface area (Å²) in [7, 11) is 10.6. The van der Waals surface area contributed by atoms with E-state index in [1.165, 1.54) is 0 Å². The molecule has 1 rings (SSSR count). The minimum atomic E-state index is -0.981. The quantitative estimate of drug-likeness (QED) is 0.610. The van der Waals surface area contributed by atoms with Crippen LogP contribution in [0.25, 0.3) is 0 Å². The fraction of sp³-hybridized carbons (Fsp3) is 0.500. The highest BCUT2D eigenvalue weighted by Gasteiger charge is 2.39. The Morgan fingerprint density at radius 1 is 1.50 bits per heavy atom. The van der Waals surface area contributed by atoms with Gasteiger partial charge >= 0.3 is 0 Å². The van der Waals surface area contributed by atoms with Crippen LogP contribution in [-0.2, 0) is 5.60 Å². The Morgan fingerprint density at radius 3 is 2.43 bits per heavy atom. The maximum atomic E-state index is 10.4. The molecular formula is C10H12OSi3-. The Bertz CT molecular complexity index is 288. The Hall–Kier alpha value is -0.0394. The van der Waals surface area contributed by atoms with Gasteiger partial charge in [-0.1, -0.05) is 12.5 Å². The molecule has 9 radical (unpaired) electrons. The van der Waals surface area contributed by atoms with E-state index in [4.69, 9.17) is 0 Å². The van der Waals surface area contributed by atoms with Crippen LogP contribution in [0.3, 0.4) is 0 Å². The van der Waals surface area contributed by atoms with E-state index in [0.29, 0.717) is 0 Å². The van der Waals surface area contributed by atoms with Crippen molar-refractivity contribution in [2.75, 3.05) is 0 Å².